The molecule has 0 aromatic carbocycles. The van der Waals surface area contributed by atoms with Crippen LogP contribution in [0.4, 0.5) is 0 Å². The molecule has 3 aliphatic carbocycles. The van der Waals surface area contributed by atoms with Crippen molar-refractivity contribution in [2.24, 2.45) is 22.7 Å². The van der Waals surface area contributed by atoms with Gasteiger partial charge in [0.05, 0.1) is 6.61 Å². The van der Waals surface area contributed by atoms with E-state index in [1.54, 1.807) is 0 Å². The van der Waals surface area contributed by atoms with Crippen LogP contribution in [0.5, 0.6) is 0 Å². The number of ketones is 2. The third-order valence-corrected chi connectivity index (χ3v) is 7.61. The van der Waals surface area contributed by atoms with Crippen LogP contribution in [-0.2, 0) is 9.59 Å². The average molecular weight is 360 g/mol. The van der Waals surface area contributed by atoms with Gasteiger partial charge in [0, 0.05) is 12.0 Å². The molecule has 0 amide bonds. The molecule has 2 fully saturated rings. The lowest BCUT2D eigenvalue weighted by Crippen LogP contribution is -2.53. The molecule has 4 nitrogen and oxygen atoms in total. The third-order valence-electron chi connectivity index (χ3n) is 7.61. The Bertz CT molecular complexity index is 674. The molecule has 0 aliphatic heterocycles. The molecule has 3 aliphatic rings. The smallest absolute Gasteiger partial charge is 0.188 e. The van der Waals surface area contributed by atoms with Crippen LogP contribution in [0.3, 0.4) is 0 Å². The Kier molecular flexibility index (Phi) is 4.81. The summed E-state index contributed by atoms with van der Waals surface area (Å²) >= 11 is 0. The first-order valence-electron chi connectivity index (χ1n) is 9.83. The standard InChI is InChI=1S/C22H32O4/c1-14-6-7-18-20(2,3)8-5-9-21(18,4)16(14)11-22(26)12-17(24)15(13-23)10-19(22)25/h10,16,18,23,26H,1,5-9,11-13H2,2-4H3/t16-,18-,21+,22+/m0/s1. The predicted octanol–water partition coefficient (Wildman–Crippen LogP) is 3.37. The zero-order valence-corrected chi connectivity index (χ0v) is 16.3. The number of carbonyl (C=O) groups is 2. The van der Waals surface area contributed by atoms with Crippen molar-refractivity contribution in [2.45, 2.75) is 71.3 Å². The monoisotopic (exact) mass is 360 g/mol. The summed E-state index contributed by atoms with van der Waals surface area (Å²) in [6, 6.07) is 0. The van der Waals surface area contributed by atoms with Gasteiger partial charge in [-0.1, -0.05) is 39.3 Å². The molecule has 26 heavy (non-hydrogen) atoms. The van der Waals surface area contributed by atoms with Gasteiger partial charge in [-0.15, -0.1) is 0 Å². The Morgan fingerprint density at radius 2 is 1.92 bits per heavy atom. The van der Waals surface area contributed by atoms with Crippen LogP contribution in [0.2, 0.25) is 0 Å². The second kappa shape index (κ2) is 6.42. The van der Waals surface area contributed by atoms with E-state index in [1.165, 1.54) is 6.42 Å². The van der Waals surface area contributed by atoms with Crippen molar-refractivity contribution in [3.8, 4) is 0 Å². The fourth-order valence-electron chi connectivity index (χ4n) is 6.13. The Hall–Kier alpha value is -1.26. The van der Waals surface area contributed by atoms with E-state index in [1.807, 2.05) is 0 Å². The summed E-state index contributed by atoms with van der Waals surface area (Å²) in [5.41, 5.74) is -0.227. The normalized spacial score (nSPS) is 40.2. The van der Waals surface area contributed by atoms with Crippen molar-refractivity contribution >= 4 is 11.6 Å². The Balaban J connectivity index is 1.92. The first-order valence-corrected chi connectivity index (χ1v) is 9.83. The van der Waals surface area contributed by atoms with E-state index in [2.05, 4.69) is 27.4 Å². The van der Waals surface area contributed by atoms with Crippen molar-refractivity contribution in [1.29, 1.82) is 0 Å². The SMILES string of the molecule is C=C1CC[C@H]2C(C)(C)CCC[C@]2(C)[C@H]1C[C@@]1(O)CC(=O)C(CO)=CC1=O. The maximum atomic E-state index is 12.6. The molecule has 0 aromatic rings. The minimum Gasteiger partial charge on any atom is -0.392 e. The van der Waals surface area contributed by atoms with Gasteiger partial charge in [-0.3, -0.25) is 9.59 Å². The quantitative estimate of drug-likeness (QED) is 0.757. The molecule has 144 valence electrons. The molecule has 2 N–H and O–H groups in total. The summed E-state index contributed by atoms with van der Waals surface area (Å²) in [5.74, 6) is -0.219. The summed E-state index contributed by atoms with van der Waals surface area (Å²) in [7, 11) is 0. The molecule has 0 unspecified atom stereocenters. The summed E-state index contributed by atoms with van der Waals surface area (Å²) in [4.78, 5) is 24.8. The van der Waals surface area contributed by atoms with E-state index in [0.29, 0.717) is 5.92 Å². The summed E-state index contributed by atoms with van der Waals surface area (Å²) in [5, 5.41) is 20.3. The van der Waals surface area contributed by atoms with Crippen LogP contribution < -0.4 is 0 Å². The van der Waals surface area contributed by atoms with Crippen LogP contribution >= 0.6 is 0 Å². The third kappa shape index (κ3) is 3.01. The van der Waals surface area contributed by atoms with Gasteiger partial charge in [-0.2, -0.15) is 0 Å². The second-order valence-corrected chi connectivity index (χ2v) is 9.68. The molecule has 2 saturated carbocycles. The maximum Gasteiger partial charge on any atom is 0.188 e. The van der Waals surface area contributed by atoms with Crippen LogP contribution in [0.1, 0.15) is 65.7 Å². The molecule has 0 saturated heterocycles. The lowest BCUT2D eigenvalue weighted by atomic mass is 9.46. The fourth-order valence-corrected chi connectivity index (χ4v) is 6.13. The van der Waals surface area contributed by atoms with Crippen molar-refractivity contribution in [2.75, 3.05) is 6.61 Å². The number of carbonyl (C=O) groups excluding carboxylic acids is 2. The van der Waals surface area contributed by atoms with Gasteiger partial charge in [-0.05, 0) is 60.8 Å². The van der Waals surface area contributed by atoms with E-state index in [9.17, 15) is 19.8 Å². The van der Waals surface area contributed by atoms with E-state index >= 15 is 0 Å². The van der Waals surface area contributed by atoms with Gasteiger partial charge in [-0.25, -0.2) is 0 Å². The zero-order valence-electron chi connectivity index (χ0n) is 16.3. The zero-order chi connectivity index (χ0) is 19.3. The summed E-state index contributed by atoms with van der Waals surface area (Å²) < 4.78 is 0. The number of rotatable bonds is 3. The minimum absolute atomic E-state index is 0.00287. The number of hydrogen-bond acceptors (Lipinski definition) is 4. The van der Waals surface area contributed by atoms with Crippen LogP contribution in [0.15, 0.2) is 23.8 Å². The van der Waals surface area contributed by atoms with Gasteiger partial charge in [0.2, 0.25) is 0 Å². The number of hydrogen-bond donors (Lipinski definition) is 2. The minimum atomic E-state index is -1.67. The van der Waals surface area contributed by atoms with Gasteiger partial charge >= 0.3 is 0 Å². The first kappa shape index (κ1) is 19.5. The maximum absolute atomic E-state index is 12.6. The molecule has 0 heterocycles. The first-order chi connectivity index (χ1) is 12.0. The summed E-state index contributed by atoms with van der Waals surface area (Å²) in [6.45, 7) is 10.8. The van der Waals surface area contributed by atoms with E-state index < -0.39 is 18.0 Å². The lowest BCUT2D eigenvalue weighted by Gasteiger charge is -2.58. The molecule has 4 heteroatoms. The van der Waals surface area contributed by atoms with Crippen molar-refractivity contribution in [1.82, 2.24) is 0 Å². The highest BCUT2D eigenvalue weighted by atomic mass is 16.3. The largest absolute Gasteiger partial charge is 0.392 e. The fraction of sp³-hybridized carbons (Fsp3) is 0.727. The van der Waals surface area contributed by atoms with Crippen LogP contribution in [-0.4, -0.2) is 34.0 Å². The molecular weight excluding hydrogens is 328 g/mol. The lowest BCUT2D eigenvalue weighted by molar-refractivity contribution is -0.145. The number of aliphatic hydroxyl groups is 2. The average Bonchev–Trinajstić information content (AvgIpc) is 2.54. The molecule has 0 bridgehead atoms. The number of aliphatic hydroxyl groups excluding tert-OH is 1. The van der Waals surface area contributed by atoms with Gasteiger partial charge < -0.3 is 10.2 Å². The van der Waals surface area contributed by atoms with Crippen molar-refractivity contribution < 1.29 is 19.8 Å². The molecule has 4 atom stereocenters. The van der Waals surface area contributed by atoms with E-state index in [0.717, 1.165) is 37.3 Å². The number of fused-ring (bicyclic) bond motifs is 1. The highest BCUT2D eigenvalue weighted by Gasteiger charge is 2.55. The Labute approximate surface area is 156 Å². The molecule has 0 radical (unpaired) electrons. The molecule has 0 aromatic heterocycles. The molecule has 0 spiro atoms. The van der Waals surface area contributed by atoms with Crippen LogP contribution in [0, 0.1) is 22.7 Å². The summed E-state index contributed by atoms with van der Waals surface area (Å²) in [6.07, 6.45) is 6.62. The highest BCUT2D eigenvalue weighted by molar-refractivity contribution is 6.12. The van der Waals surface area contributed by atoms with Gasteiger partial charge in [0.25, 0.3) is 0 Å². The van der Waals surface area contributed by atoms with Gasteiger partial charge in [0.15, 0.2) is 11.6 Å². The van der Waals surface area contributed by atoms with E-state index in [-0.39, 0.29) is 40.9 Å². The Morgan fingerprint density at radius 3 is 2.58 bits per heavy atom. The van der Waals surface area contributed by atoms with Crippen LogP contribution in [0.25, 0.3) is 0 Å². The predicted molar refractivity (Wildman–Crippen MR) is 100 cm³/mol. The topological polar surface area (TPSA) is 74.6 Å². The second-order valence-electron chi connectivity index (χ2n) is 9.68. The molecule has 3 rings (SSSR count). The van der Waals surface area contributed by atoms with Crippen molar-refractivity contribution in [3.05, 3.63) is 23.8 Å². The van der Waals surface area contributed by atoms with Crippen molar-refractivity contribution in [3.63, 3.8) is 0 Å². The van der Waals surface area contributed by atoms with Gasteiger partial charge in [0.1, 0.15) is 5.60 Å². The number of Topliss-reactive ketones (excluding diaryl/α,β-unsaturated/α-hetero) is 1. The Morgan fingerprint density at radius 1 is 1.23 bits per heavy atom. The number of allylic oxidation sites excluding steroid dienone is 1. The van der Waals surface area contributed by atoms with E-state index in [4.69, 9.17) is 0 Å². The molecular formula is C22H32O4. The highest BCUT2D eigenvalue weighted by Crippen LogP contribution is 2.62.